The van der Waals surface area contributed by atoms with Crippen molar-refractivity contribution in [2.45, 2.75) is 13.8 Å². The van der Waals surface area contributed by atoms with E-state index in [1.54, 1.807) is 6.92 Å². The maximum absolute atomic E-state index is 10.1. The highest BCUT2D eigenvalue weighted by atomic mass is 32.1. The van der Waals surface area contributed by atoms with Gasteiger partial charge in [0, 0.05) is 0 Å². The molecule has 0 aromatic heterocycles. The molecule has 0 rings (SSSR count). The number of thiol groups is 1. The van der Waals surface area contributed by atoms with Crippen molar-refractivity contribution in [2.75, 3.05) is 18.9 Å². The maximum atomic E-state index is 10.1. The average Bonchev–Trinajstić information content (AvgIpc) is 1.90. The number of carbonyl (C=O) groups is 1. The third-order valence-corrected chi connectivity index (χ3v) is 0.693. The van der Waals surface area contributed by atoms with Crippen molar-refractivity contribution >= 4 is 18.6 Å². The topological polar surface area (TPSA) is 52.3 Å². The van der Waals surface area contributed by atoms with Crippen molar-refractivity contribution in [3.05, 3.63) is 0 Å². The van der Waals surface area contributed by atoms with Gasteiger partial charge in [-0.15, -0.1) is 0 Å². The first-order valence-corrected chi connectivity index (χ1v) is 3.82. The molecule has 0 aliphatic heterocycles. The minimum Gasteiger partial charge on any atom is -0.465 e. The Morgan fingerprint density at radius 3 is 2.10 bits per heavy atom. The van der Waals surface area contributed by atoms with E-state index in [2.05, 4.69) is 17.4 Å². The van der Waals surface area contributed by atoms with E-state index in [4.69, 9.17) is 5.73 Å². The second-order valence-corrected chi connectivity index (χ2v) is 1.69. The van der Waals surface area contributed by atoms with Crippen molar-refractivity contribution in [3.63, 3.8) is 0 Å². The van der Waals surface area contributed by atoms with E-state index in [0.717, 1.165) is 6.54 Å². The fourth-order valence-electron chi connectivity index (χ4n) is 0.207. The van der Waals surface area contributed by atoms with E-state index < -0.39 is 0 Å². The molecule has 0 amide bonds. The largest absolute Gasteiger partial charge is 0.465 e. The molecule has 0 unspecified atom stereocenters. The van der Waals surface area contributed by atoms with Gasteiger partial charge in [-0.3, -0.25) is 4.79 Å². The molecule has 0 fully saturated rings. The van der Waals surface area contributed by atoms with Gasteiger partial charge in [-0.25, -0.2) is 0 Å². The predicted molar refractivity (Wildman–Crippen MR) is 45.2 cm³/mol. The highest BCUT2D eigenvalue weighted by Crippen LogP contribution is 1.78. The van der Waals surface area contributed by atoms with Crippen LogP contribution in [0.4, 0.5) is 0 Å². The Kier molecular flexibility index (Phi) is 14.4. The van der Waals surface area contributed by atoms with Crippen LogP contribution >= 0.6 is 12.6 Å². The molecule has 62 valence electrons. The lowest BCUT2D eigenvalue weighted by Gasteiger charge is -1.93. The molecule has 0 aromatic rings. The van der Waals surface area contributed by atoms with Crippen LogP contribution in [-0.4, -0.2) is 24.9 Å². The maximum Gasteiger partial charge on any atom is 0.315 e. The van der Waals surface area contributed by atoms with Crippen molar-refractivity contribution in [3.8, 4) is 0 Å². The van der Waals surface area contributed by atoms with Gasteiger partial charge in [0.05, 0.1) is 12.4 Å². The summed E-state index contributed by atoms with van der Waals surface area (Å²) in [4.78, 5) is 10.1. The van der Waals surface area contributed by atoms with Crippen LogP contribution in [-0.2, 0) is 9.53 Å². The lowest BCUT2D eigenvalue weighted by Crippen LogP contribution is -2.03. The molecule has 0 aromatic carbocycles. The Morgan fingerprint density at radius 2 is 2.00 bits per heavy atom. The molecule has 2 N–H and O–H groups in total. The molecule has 0 bridgehead atoms. The summed E-state index contributed by atoms with van der Waals surface area (Å²) in [5, 5.41) is 0. The lowest BCUT2D eigenvalue weighted by atomic mass is 10.8. The number of rotatable bonds is 2. The predicted octanol–water partition coefficient (Wildman–Crippen LogP) is 0.444. The Labute approximate surface area is 67.3 Å². The number of esters is 1. The smallest absolute Gasteiger partial charge is 0.315 e. The normalized spacial score (nSPS) is 7.60. The highest BCUT2D eigenvalue weighted by Gasteiger charge is 1.91. The van der Waals surface area contributed by atoms with Gasteiger partial charge in [0.15, 0.2) is 0 Å². The van der Waals surface area contributed by atoms with Crippen LogP contribution in [0.2, 0.25) is 0 Å². The van der Waals surface area contributed by atoms with Gasteiger partial charge < -0.3 is 10.5 Å². The Hall–Kier alpha value is -0.220. The first-order chi connectivity index (χ1) is 4.72. The van der Waals surface area contributed by atoms with Gasteiger partial charge >= 0.3 is 5.97 Å². The average molecular weight is 165 g/mol. The Morgan fingerprint density at radius 1 is 1.60 bits per heavy atom. The molecule has 0 aliphatic carbocycles. The Bertz CT molecular complexity index is 78.1. The SMILES string of the molecule is CCN.CCOC(=O)CS. The lowest BCUT2D eigenvalue weighted by molar-refractivity contribution is -0.139. The molecule has 0 saturated heterocycles. The van der Waals surface area contributed by atoms with Gasteiger partial charge in [-0.05, 0) is 13.5 Å². The monoisotopic (exact) mass is 165 g/mol. The molecular formula is C6H15NO2S. The molecule has 0 aliphatic rings. The van der Waals surface area contributed by atoms with Gasteiger partial charge in [0.2, 0.25) is 0 Å². The molecular weight excluding hydrogens is 150 g/mol. The fourth-order valence-corrected chi connectivity index (χ4v) is 0.298. The zero-order valence-corrected chi connectivity index (χ0v) is 7.36. The number of nitrogens with two attached hydrogens (primary N) is 1. The summed E-state index contributed by atoms with van der Waals surface area (Å²) in [5.74, 6) is -0.0840. The molecule has 10 heavy (non-hydrogen) atoms. The second kappa shape index (κ2) is 11.6. The van der Waals surface area contributed by atoms with Crippen LogP contribution in [0.1, 0.15) is 13.8 Å². The van der Waals surface area contributed by atoms with E-state index >= 15 is 0 Å². The highest BCUT2D eigenvalue weighted by molar-refractivity contribution is 7.81. The zero-order chi connectivity index (χ0) is 8.41. The zero-order valence-electron chi connectivity index (χ0n) is 6.46. The van der Waals surface area contributed by atoms with Crippen LogP contribution in [0, 0.1) is 0 Å². The van der Waals surface area contributed by atoms with Crippen LogP contribution in [0.25, 0.3) is 0 Å². The van der Waals surface area contributed by atoms with Crippen LogP contribution in [0.5, 0.6) is 0 Å². The summed E-state index contributed by atoms with van der Waals surface area (Å²) in [6, 6.07) is 0. The fraction of sp³-hybridized carbons (Fsp3) is 0.833. The molecule has 0 radical (unpaired) electrons. The summed E-state index contributed by atoms with van der Waals surface area (Å²) in [6.07, 6.45) is 0. The third-order valence-electron chi connectivity index (χ3n) is 0.434. The van der Waals surface area contributed by atoms with Gasteiger partial charge in [-0.1, -0.05) is 6.92 Å². The first-order valence-electron chi connectivity index (χ1n) is 3.19. The third kappa shape index (κ3) is 15.7. The molecule has 0 spiro atoms. The molecule has 3 nitrogen and oxygen atoms in total. The van der Waals surface area contributed by atoms with E-state index in [0.29, 0.717) is 6.61 Å². The van der Waals surface area contributed by atoms with Crippen LogP contribution < -0.4 is 5.73 Å². The van der Waals surface area contributed by atoms with Gasteiger partial charge in [-0.2, -0.15) is 12.6 Å². The second-order valence-electron chi connectivity index (χ2n) is 1.37. The standard InChI is InChI=1S/C4H8O2S.C2H7N/c1-2-6-4(5)3-7;1-2-3/h7H,2-3H2,1H3;2-3H2,1H3. The molecule has 0 atom stereocenters. The minimum absolute atomic E-state index is 0.174. The summed E-state index contributed by atoms with van der Waals surface area (Å²) >= 11 is 3.67. The van der Waals surface area contributed by atoms with Crippen molar-refractivity contribution in [2.24, 2.45) is 5.73 Å². The molecule has 0 saturated carbocycles. The summed E-state index contributed by atoms with van der Waals surface area (Å²) in [7, 11) is 0. The molecule has 0 heterocycles. The van der Waals surface area contributed by atoms with Gasteiger partial charge in [0.1, 0.15) is 0 Å². The van der Waals surface area contributed by atoms with E-state index in [1.807, 2.05) is 6.92 Å². The van der Waals surface area contributed by atoms with E-state index in [9.17, 15) is 4.79 Å². The van der Waals surface area contributed by atoms with Crippen molar-refractivity contribution < 1.29 is 9.53 Å². The summed E-state index contributed by atoms with van der Waals surface area (Å²) in [5.41, 5.74) is 4.85. The minimum atomic E-state index is -0.258. The number of hydrogen-bond donors (Lipinski definition) is 2. The van der Waals surface area contributed by atoms with Crippen LogP contribution in [0.15, 0.2) is 0 Å². The van der Waals surface area contributed by atoms with Gasteiger partial charge in [0.25, 0.3) is 0 Å². The van der Waals surface area contributed by atoms with E-state index in [1.165, 1.54) is 0 Å². The number of ether oxygens (including phenoxy) is 1. The number of hydrogen-bond acceptors (Lipinski definition) is 4. The summed E-state index contributed by atoms with van der Waals surface area (Å²) in [6.45, 7) is 4.86. The van der Waals surface area contributed by atoms with Crippen molar-refractivity contribution in [1.29, 1.82) is 0 Å². The van der Waals surface area contributed by atoms with Crippen molar-refractivity contribution in [1.82, 2.24) is 0 Å². The van der Waals surface area contributed by atoms with E-state index in [-0.39, 0.29) is 11.7 Å². The first kappa shape index (κ1) is 12.5. The summed E-state index contributed by atoms with van der Waals surface area (Å²) < 4.78 is 4.48. The quantitative estimate of drug-likeness (QED) is 0.461. The number of carbonyl (C=O) groups excluding carboxylic acids is 1. The molecule has 4 heteroatoms. The van der Waals surface area contributed by atoms with Crippen LogP contribution in [0.3, 0.4) is 0 Å². The Balaban J connectivity index is 0.